The molecule has 5 atom stereocenters. The summed E-state index contributed by atoms with van der Waals surface area (Å²) in [5.74, 6) is 1.51. The molecule has 2 aliphatic heterocycles. The van der Waals surface area contributed by atoms with E-state index in [1.807, 2.05) is 0 Å². The largest absolute Gasteiger partial charge is 1.00 e. The molecule has 1 aromatic rings. The van der Waals surface area contributed by atoms with Gasteiger partial charge in [0.2, 0.25) is 0 Å². The number of aliphatic hydroxyl groups is 1. The van der Waals surface area contributed by atoms with E-state index in [0.717, 1.165) is 25.9 Å². The van der Waals surface area contributed by atoms with Gasteiger partial charge in [0, 0.05) is 12.8 Å². The number of halogens is 1. The molecule has 4 heteroatoms. The molecular formula is C24H40ClNO2. The van der Waals surface area contributed by atoms with Gasteiger partial charge >= 0.3 is 0 Å². The standard InChI is InChI=1S/C24H39NO2.ClH/c1-14(2)18-10-20(15(3)4)24(21(11-18)16(5)6)17(7)27-23-8-9-25-13-19(26)12-22(23)25;/h10-11,14-17,19,22-23,26H,8-9,12-13H2,1-7H3;1H/t17-,19+,22+,23+;/m1./s1. The van der Waals surface area contributed by atoms with Gasteiger partial charge < -0.3 is 27.2 Å². The SMILES string of the molecule is CC(C)c1cc(C(C)C)c([C@@H](C)O[C@H]2CC[NH+]3C[C@@H](O)C[C@@H]23)c(C(C)C)c1.[Cl-]. The summed E-state index contributed by atoms with van der Waals surface area (Å²) in [7, 11) is 0. The maximum Gasteiger partial charge on any atom is 0.117 e. The number of aliphatic hydroxyl groups excluding tert-OH is 1. The summed E-state index contributed by atoms with van der Waals surface area (Å²) in [6.45, 7) is 18.0. The lowest BCUT2D eigenvalue weighted by atomic mass is 9.82. The highest BCUT2D eigenvalue weighted by Crippen LogP contribution is 2.38. The predicted octanol–water partition coefficient (Wildman–Crippen LogP) is 0.929. The highest BCUT2D eigenvalue weighted by molar-refractivity contribution is 5.44. The molecule has 0 amide bonds. The van der Waals surface area contributed by atoms with Crippen LogP contribution in [0.4, 0.5) is 0 Å². The predicted molar refractivity (Wildman–Crippen MR) is 112 cm³/mol. The minimum absolute atomic E-state index is 0. The van der Waals surface area contributed by atoms with Crippen LogP contribution in [-0.2, 0) is 4.74 Å². The smallest absolute Gasteiger partial charge is 0.117 e. The van der Waals surface area contributed by atoms with Gasteiger partial charge in [-0.3, -0.25) is 0 Å². The average molecular weight is 410 g/mol. The van der Waals surface area contributed by atoms with Crippen molar-refractivity contribution in [2.24, 2.45) is 0 Å². The minimum atomic E-state index is -0.144. The maximum absolute atomic E-state index is 10.0. The zero-order chi connectivity index (χ0) is 19.9. The van der Waals surface area contributed by atoms with Crippen molar-refractivity contribution >= 4 is 0 Å². The molecule has 0 aromatic heterocycles. The molecule has 0 saturated carbocycles. The number of benzene rings is 1. The Morgan fingerprint density at radius 3 is 2.04 bits per heavy atom. The third-order valence-electron chi connectivity index (χ3n) is 6.71. The number of rotatable bonds is 6. The zero-order valence-corrected chi connectivity index (χ0v) is 19.5. The molecule has 0 spiro atoms. The molecule has 2 saturated heterocycles. The van der Waals surface area contributed by atoms with Gasteiger partial charge in [0.1, 0.15) is 24.8 Å². The molecule has 2 aliphatic rings. The van der Waals surface area contributed by atoms with Crippen molar-refractivity contribution in [3.05, 3.63) is 34.4 Å². The Bertz CT molecular complexity index is 629. The molecule has 160 valence electrons. The minimum Gasteiger partial charge on any atom is -1.00 e. The van der Waals surface area contributed by atoms with Crippen molar-refractivity contribution in [1.29, 1.82) is 0 Å². The fourth-order valence-electron chi connectivity index (χ4n) is 5.20. The molecule has 2 N–H and O–H groups in total. The van der Waals surface area contributed by atoms with Crippen LogP contribution in [0, 0.1) is 0 Å². The topological polar surface area (TPSA) is 33.9 Å². The van der Waals surface area contributed by atoms with Crippen molar-refractivity contribution in [2.75, 3.05) is 13.1 Å². The molecule has 0 bridgehead atoms. The maximum atomic E-state index is 10.0. The summed E-state index contributed by atoms with van der Waals surface area (Å²) in [5.41, 5.74) is 5.75. The van der Waals surface area contributed by atoms with Crippen LogP contribution in [0.5, 0.6) is 0 Å². The summed E-state index contributed by atoms with van der Waals surface area (Å²) in [4.78, 5) is 1.54. The summed E-state index contributed by atoms with van der Waals surface area (Å²) in [6.07, 6.45) is 2.25. The van der Waals surface area contributed by atoms with Crippen molar-refractivity contribution in [2.45, 2.75) is 103 Å². The first-order valence-corrected chi connectivity index (χ1v) is 11.0. The lowest BCUT2D eigenvalue weighted by Gasteiger charge is -2.29. The first kappa shape index (κ1) is 23.7. The Balaban J connectivity index is 0.00000280. The molecule has 0 aliphatic carbocycles. The quantitative estimate of drug-likeness (QED) is 0.732. The van der Waals surface area contributed by atoms with Gasteiger partial charge in [0.05, 0.1) is 12.6 Å². The Morgan fingerprint density at radius 2 is 1.54 bits per heavy atom. The summed E-state index contributed by atoms with van der Waals surface area (Å²) >= 11 is 0. The third-order valence-corrected chi connectivity index (χ3v) is 6.71. The Labute approximate surface area is 178 Å². The Morgan fingerprint density at radius 1 is 0.964 bits per heavy atom. The van der Waals surface area contributed by atoms with E-state index < -0.39 is 0 Å². The second kappa shape index (κ2) is 9.47. The summed E-state index contributed by atoms with van der Waals surface area (Å²) < 4.78 is 6.71. The van der Waals surface area contributed by atoms with E-state index in [-0.39, 0.29) is 30.7 Å². The molecule has 3 rings (SSSR count). The van der Waals surface area contributed by atoms with Crippen molar-refractivity contribution in [3.8, 4) is 0 Å². The summed E-state index contributed by atoms with van der Waals surface area (Å²) in [5, 5.41) is 10.0. The van der Waals surface area contributed by atoms with Crippen LogP contribution in [-0.4, -0.2) is 36.4 Å². The van der Waals surface area contributed by atoms with E-state index in [0.29, 0.717) is 23.8 Å². The van der Waals surface area contributed by atoms with Crippen LogP contribution in [0.2, 0.25) is 0 Å². The van der Waals surface area contributed by atoms with Crippen LogP contribution < -0.4 is 17.3 Å². The van der Waals surface area contributed by atoms with Gasteiger partial charge in [-0.25, -0.2) is 0 Å². The van der Waals surface area contributed by atoms with E-state index in [1.165, 1.54) is 22.3 Å². The molecule has 28 heavy (non-hydrogen) atoms. The lowest BCUT2D eigenvalue weighted by molar-refractivity contribution is -0.902. The van der Waals surface area contributed by atoms with E-state index in [2.05, 4.69) is 60.6 Å². The van der Waals surface area contributed by atoms with E-state index in [9.17, 15) is 5.11 Å². The van der Waals surface area contributed by atoms with Gasteiger partial charge in [-0.05, 0) is 46.9 Å². The number of ether oxygens (including phenoxy) is 1. The molecule has 3 nitrogen and oxygen atoms in total. The molecule has 1 unspecified atom stereocenters. The summed E-state index contributed by atoms with van der Waals surface area (Å²) in [6, 6.07) is 5.31. The van der Waals surface area contributed by atoms with Crippen LogP contribution in [0.15, 0.2) is 12.1 Å². The molecule has 0 radical (unpaired) electrons. The molecule has 1 aromatic carbocycles. The normalized spacial score (nSPS) is 28.1. The Kier molecular flexibility index (Phi) is 8.00. The fourth-order valence-corrected chi connectivity index (χ4v) is 5.20. The second-order valence-corrected chi connectivity index (χ2v) is 9.79. The van der Waals surface area contributed by atoms with Crippen molar-refractivity contribution in [3.63, 3.8) is 0 Å². The lowest BCUT2D eigenvalue weighted by Crippen LogP contribution is -3.12. The Hall–Kier alpha value is -0.610. The van der Waals surface area contributed by atoms with Crippen LogP contribution in [0.1, 0.15) is 107 Å². The number of quaternary nitrogens is 1. The highest BCUT2D eigenvalue weighted by Gasteiger charge is 2.46. The number of hydrogen-bond donors (Lipinski definition) is 2. The molecular weight excluding hydrogens is 370 g/mol. The van der Waals surface area contributed by atoms with Gasteiger partial charge in [-0.2, -0.15) is 0 Å². The van der Waals surface area contributed by atoms with Gasteiger partial charge in [-0.1, -0.05) is 53.7 Å². The second-order valence-electron chi connectivity index (χ2n) is 9.79. The van der Waals surface area contributed by atoms with Crippen LogP contribution in [0.25, 0.3) is 0 Å². The van der Waals surface area contributed by atoms with Crippen molar-refractivity contribution in [1.82, 2.24) is 0 Å². The van der Waals surface area contributed by atoms with Gasteiger partial charge in [-0.15, -0.1) is 0 Å². The molecule has 2 heterocycles. The van der Waals surface area contributed by atoms with Crippen molar-refractivity contribution < 1.29 is 27.2 Å². The number of nitrogens with one attached hydrogen (secondary N) is 1. The first-order valence-electron chi connectivity index (χ1n) is 11.0. The monoisotopic (exact) mass is 409 g/mol. The number of hydrogen-bond acceptors (Lipinski definition) is 2. The van der Waals surface area contributed by atoms with Crippen LogP contribution >= 0.6 is 0 Å². The zero-order valence-electron chi connectivity index (χ0n) is 18.8. The van der Waals surface area contributed by atoms with Gasteiger partial charge in [0.25, 0.3) is 0 Å². The number of fused-ring (bicyclic) bond motifs is 1. The highest BCUT2D eigenvalue weighted by atomic mass is 35.5. The third kappa shape index (κ3) is 4.75. The van der Waals surface area contributed by atoms with E-state index in [4.69, 9.17) is 4.74 Å². The average Bonchev–Trinajstić information content (AvgIpc) is 3.13. The van der Waals surface area contributed by atoms with Crippen LogP contribution in [0.3, 0.4) is 0 Å². The van der Waals surface area contributed by atoms with E-state index in [1.54, 1.807) is 4.90 Å². The first-order chi connectivity index (χ1) is 12.7. The van der Waals surface area contributed by atoms with Gasteiger partial charge in [0.15, 0.2) is 0 Å². The fraction of sp³-hybridized carbons (Fsp3) is 0.750. The van der Waals surface area contributed by atoms with E-state index >= 15 is 0 Å². The molecule has 2 fully saturated rings.